The zero-order chi connectivity index (χ0) is 21.3. The Hall–Kier alpha value is -2.21. The van der Waals surface area contributed by atoms with Crippen LogP contribution in [0.25, 0.3) is 0 Å². The first kappa shape index (κ1) is 22.5. The molecule has 162 valence electrons. The third kappa shape index (κ3) is 6.14. The van der Waals surface area contributed by atoms with E-state index in [4.69, 9.17) is 4.74 Å². The topological polar surface area (TPSA) is 44.8 Å². The molecule has 2 unspecified atom stereocenters. The van der Waals surface area contributed by atoms with Crippen LogP contribution >= 0.6 is 0 Å². The fourth-order valence-electron chi connectivity index (χ4n) is 4.30. The van der Waals surface area contributed by atoms with Crippen molar-refractivity contribution >= 4 is 5.91 Å². The number of benzene rings is 2. The molecule has 30 heavy (non-hydrogen) atoms. The van der Waals surface area contributed by atoms with Crippen molar-refractivity contribution in [3.05, 3.63) is 71.3 Å². The molecule has 0 saturated carbocycles. The number of carbonyl (C=O) groups is 1. The third-order valence-corrected chi connectivity index (χ3v) is 6.09. The van der Waals surface area contributed by atoms with E-state index in [0.717, 1.165) is 37.2 Å². The minimum Gasteiger partial charge on any atom is -0.380 e. The summed E-state index contributed by atoms with van der Waals surface area (Å²) >= 11 is 0. The molecule has 0 radical (unpaired) electrons. The number of likely N-dealkylation sites (N-methyl/N-ethyl adjacent to an activating group) is 1. The lowest BCUT2D eigenvalue weighted by Crippen LogP contribution is -2.44. The fourth-order valence-corrected chi connectivity index (χ4v) is 4.30. The summed E-state index contributed by atoms with van der Waals surface area (Å²) in [6, 6.07) is 19.7. The first-order valence-corrected chi connectivity index (χ1v) is 11.0. The van der Waals surface area contributed by atoms with Gasteiger partial charge in [0.05, 0.1) is 13.2 Å². The van der Waals surface area contributed by atoms with Crippen LogP contribution in [0.3, 0.4) is 0 Å². The maximum Gasteiger partial charge on any atom is 0.234 e. The molecular formula is C25H35N3O2. The Balaban J connectivity index is 1.49. The van der Waals surface area contributed by atoms with E-state index in [-0.39, 0.29) is 5.91 Å². The van der Waals surface area contributed by atoms with Crippen LogP contribution in [0.2, 0.25) is 0 Å². The lowest BCUT2D eigenvalue weighted by molar-refractivity contribution is -0.122. The molecule has 0 spiro atoms. The molecule has 1 aliphatic heterocycles. The van der Waals surface area contributed by atoms with Gasteiger partial charge in [-0.15, -0.1) is 0 Å². The average Bonchev–Trinajstić information content (AvgIpc) is 3.27. The van der Waals surface area contributed by atoms with Crippen LogP contribution in [0, 0.1) is 0 Å². The molecule has 0 aromatic heterocycles. The Morgan fingerprint density at radius 3 is 2.70 bits per heavy atom. The SMILES string of the molecule is CCN(CC(=O)NCc1cccc(COC)c1)C1CCN(C(C)c2ccccc2)C1. The number of ether oxygens (including phenoxy) is 1. The van der Waals surface area contributed by atoms with Gasteiger partial charge in [-0.2, -0.15) is 0 Å². The van der Waals surface area contributed by atoms with Crippen LogP contribution in [0.15, 0.2) is 54.6 Å². The molecule has 1 fully saturated rings. The van der Waals surface area contributed by atoms with Gasteiger partial charge in [0.1, 0.15) is 0 Å². The number of rotatable bonds is 10. The molecular weight excluding hydrogens is 374 g/mol. The molecule has 1 saturated heterocycles. The van der Waals surface area contributed by atoms with Crippen LogP contribution in [0.4, 0.5) is 0 Å². The van der Waals surface area contributed by atoms with Crippen molar-refractivity contribution in [2.75, 3.05) is 33.3 Å². The van der Waals surface area contributed by atoms with E-state index < -0.39 is 0 Å². The van der Waals surface area contributed by atoms with Gasteiger partial charge in [-0.25, -0.2) is 0 Å². The van der Waals surface area contributed by atoms with Crippen LogP contribution in [0.5, 0.6) is 0 Å². The van der Waals surface area contributed by atoms with Crippen molar-refractivity contribution < 1.29 is 9.53 Å². The largest absolute Gasteiger partial charge is 0.380 e. The molecule has 1 N–H and O–H groups in total. The Kier molecular flexibility index (Phi) is 8.43. The Labute approximate surface area is 181 Å². The average molecular weight is 410 g/mol. The molecule has 1 heterocycles. The van der Waals surface area contributed by atoms with Crippen molar-refractivity contribution in [3.63, 3.8) is 0 Å². The predicted octanol–water partition coefficient (Wildman–Crippen LogP) is 3.61. The maximum absolute atomic E-state index is 12.6. The van der Waals surface area contributed by atoms with Gasteiger partial charge in [0, 0.05) is 38.8 Å². The summed E-state index contributed by atoms with van der Waals surface area (Å²) < 4.78 is 5.19. The summed E-state index contributed by atoms with van der Waals surface area (Å²) in [6.45, 7) is 8.98. The molecule has 1 aliphatic rings. The molecule has 2 atom stereocenters. The molecule has 1 amide bonds. The van der Waals surface area contributed by atoms with Crippen molar-refractivity contribution in [2.24, 2.45) is 0 Å². The number of carbonyl (C=O) groups excluding carboxylic acids is 1. The van der Waals surface area contributed by atoms with Gasteiger partial charge in [-0.05, 0) is 36.6 Å². The third-order valence-electron chi connectivity index (χ3n) is 6.09. The second-order valence-corrected chi connectivity index (χ2v) is 8.12. The highest BCUT2D eigenvalue weighted by Crippen LogP contribution is 2.26. The van der Waals surface area contributed by atoms with E-state index in [9.17, 15) is 4.79 Å². The summed E-state index contributed by atoms with van der Waals surface area (Å²) in [5, 5.41) is 3.08. The molecule has 3 rings (SSSR count). The Morgan fingerprint density at radius 2 is 1.97 bits per heavy atom. The van der Waals surface area contributed by atoms with Gasteiger partial charge in [-0.3, -0.25) is 14.6 Å². The number of hydrogen-bond donors (Lipinski definition) is 1. The van der Waals surface area contributed by atoms with E-state index in [1.165, 1.54) is 5.56 Å². The van der Waals surface area contributed by atoms with Gasteiger partial charge < -0.3 is 10.1 Å². The highest BCUT2D eigenvalue weighted by molar-refractivity contribution is 5.78. The molecule has 0 aliphatic carbocycles. The second-order valence-electron chi connectivity index (χ2n) is 8.12. The smallest absolute Gasteiger partial charge is 0.234 e. The molecule has 2 aromatic rings. The molecule has 0 bridgehead atoms. The Bertz CT molecular complexity index is 796. The van der Waals surface area contributed by atoms with E-state index in [1.807, 2.05) is 18.2 Å². The van der Waals surface area contributed by atoms with Crippen molar-refractivity contribution in [3.8, 4) is 0 Å². The molecule has 5 heteroatoms. The highest BCUT2D eigenvalue weighted by Gasteiger charge is 2.30. The zero-order valence-corrected chi connectivity index (χ0v) is 18.5. The number of likely N-dealkylation sites (tertiary alicyclic amines) is 1. The highest BCUT2D eigenvalue weighted by atomic mass is 16.5. The standard InChI is InChI=1S/C25H35N3O2/c1-4-27(18-25(29)26-16-21-9-8-10-22(15-21)19-30-3)24-13-14-28(17-24)20(2)23-11-6-5-7-12-23/h5-12,15,20,24H,4,13-14,16-19H2,1-3H3,(H,26,29). The summed E-state index contributed by atoms with van der Waals surface area (Å²) in [4.78, 5) is 17.4. The minimum atomic E-state index is 0.0866. The summed E-state index contributed by atoms with van der Waals surface area (Å²) in [6.07, 6.45) is 1.11. The first-order valence-electron chi connectivity index (χ1n) is 11.0. The van der Waals surface area contributed by atoms with Gasteiger partial charge >= 0.3 is 0 Å². The van der Waals surface area contributed by atoms with E-state index in [2.05, 4.69) is 65.4 Å². The lowest BCUT2D eigenvalue weighted by atomic mass is 10.1. The number of methoxy groups -OCH3 is 1. The van der Waals surface area contributed by atoms with Crippen LogP contribution in [0.1, 0.15) is 43.0 Å². The fraction of sp³-hybridized carbons (Fsp3) is 0.480. The summed E-state index contributed by atoms with van der Waals surface area (Å²) in [7, 11) is 1.69. The normalized spacial score (nSPS) is 17.9. The first-order chi connectivity index (χ1) is 14.6. The monoisotopic (exact) mass is 409 g/mol. The zero-order valence-electron chi connectivity index (χ0n) is 18.5. The van der Waals surface area contributed by atoms with Crippen molar-refractivity contribution in [1.82, 2.24) is 15.1 Å². The summed E-state index contributed by atoms with van der Waals surface area (Å²) in [5.74, 6) is 0.0866. The predicted molar refractivity (Wildman–Crippen MR) is 121 cm³/mol. The Morgan fingerprint density at radius 1 is 1.20 bits per heavy atom. The maximum atomic E-state index is 12.6. The number of nitrogens with one attached hydrogen (secondary N) is 1. The lowest BCUT2D eigenvalue weighted by Gasteiger charge is -2.29. The van der Waals surface area contributed by atoms with E-state index >= 15 is 0 Å². The quantitative estimate of drug-likeness (QED) is 0.651. The van der Waals surface area contributed by atoms with Gasteiger partial charge in [0.25, 0.3) is 0 Å². The van der Waals surface area contributed by atoms with E-state index in [0.29, 0.717) is 31.8 Å². The molecule has 5 nitrogen and oxygen atoms in total. The van der Waals surface area contributed by atoms with Crippen LogP contribution in [-0.2, 0) is 22.7 Å². The number of hydrogen-bond acceptors (Lipinski definition) is 4. The van der Waals surface area contributed by atoms with Crippen LogP contribution in [-0.4, -0.2) is 55.0 Å². The van der Waals surface area contributed by atoms with Crippen LogP contribution < -0.4 is 5.32 Å². The summed E-state index contributed by atoms with van der Waals surface area (Å²) in [5.41, 5.74) is 3.58. The van der Waals surface area contributed by atoms with Crippen molar-refractivity contribution in [2.45, 2.75) is 45.5 Å². The second kappa shape index (κ2) is 11.3. The number of nitrogens with zero attached hydrogens (tertiary/aromatic N) is 2. The van der Waals surface area contributed by atoms with Gasteiger partial charge in [0.2, 0.25) is 5.91 Å². The van der Waals surface area contributed by atoms with E-state index in [1.54, 1.807) is 7.11 Å². The minimum absolute atomic E-state index is 0.0866. The number of amides is 1. The van der Waals surface area contributed by atoms with Crippen molar-refractivity contribution in [1.29, 1.82) is 0 Å². The van der Waals surface area contributed by atoms with Gasteiger partial charge in [-0.1, -0.05) is 61.5 Å². The van der Waals surface area contributed by atoms with Gasteiger partial charge in [0.15, 0.2) is 0 Å². The molecule has 2 aromatic carbocycles.